The number of carbonyl (C=O) groups is 1. The third-order valence-corrected chi connectivity index (χ3v) is 6.52. The van der Waals surface area contributed by atoms with E-state index >= 15 is 0 Å². The minimum atomic E-state index is 0.0377. The molecule has 2 fully saturated rings. The first-order valence-corrected chi connectivity index (χ1v) is 11.7. The lowest BCUT2D eigenvalue weighted by atomic mass is 9.97. The number of aliphatic hydroxyl groups excluding tert-OH is 1. The van der Waals surface area contributed by atoms with Crippen LogP contribution in [0.4, 0.5) is 5.82 Å². The number of benzene rings is 1. The molecule has 0 spiro atoms. The van der Waals surface area contributed by atoms with Crippen LogP contribution >= 0.6 is 0 Å². The minimum Gasteiger partial charge on any atom is -0.396 e. The molecule has 2 heterocycles. The molecule has 1 saturated carbocycles. The molecule has 1 aliphatic heterocycles. The number of pyridine rings is 1. The molecule has 0 radical (unpaired) electrons. The Morgan fingerprint density at radius 3 is 2.79 bits per heavy atom. The van der Waals surface area contributed by atoms with Gasteiger partial charge in [0.05, 0.1) is 24.3 Å². The normalized spacial score (nSPS) is 18.3. The zero-order valence-electron chi connectivity index (χ0n) is 19.5. The van der Waals surface area contributed by atoms with Crippen molar-refractivity contribution in [2.24, 2.45) is 0 Å². The van der Waals surface area contributed by atoms with Crippen LogP contribution in [-0.4, -0.2) is 66.9 Å². The number of aliphatic hydroxyl groups is 1. The summed E-state index contributed by atoms with van der Waals surface area (Å²) < 4.78 is 5.05. The Bertz CT molecular complexity index is 1040. The van der Waals surface area contributed by atoms with E-state index in [-0.39, 0.29) is 18.6 Å². The maximum atomic E-state index is 12.5. The summed E-state index contributed by atoms with van der Waals surface area (Å²) in [6, 6.07) is 12.5. The predicted octanol–water partition coefficient (Wildman–Crippen LogP) is 3.11. The summed E-state index contributed by atoms with van der Waals surface area (Å²) in [6.07, 6.45) is 3.21. The van der Waals surface area contributed by atoms with Crippen LogP contribution in [0.5, 0.6) is 0 Å². The molecule has 33 heavy (non-hydrogen) atoms. The molecule has 1 aromatic carbocycles. The second-order valence-corrected chi connectivity index (χ2v) is 8.98. The van der Waals surface area contributed by atoms with E-state index < -0.39 is 0 Å². The van der Waals surface area contributed by atoms with Gasteiger partial charge >= 0.3 is 0 Å². The van der Waals surface area contributed by atoms with Crippen LogP contribution < -0.4 is 4.90 Å². The molecule has 1 aromatic heterocycles. The Labute approximate surface area is 195 Å². The number of aromatic nitrogens is 1. The Morgan fingerprint density at radius 2 is 2.12 bits per heavy atom. The number of nitriles is 1. The van der Waals surface area contributed by atoms with Crippen LogP contribution in [0.25, 0.3) is 11.1 Å². The summed E-state index contributed by atoms with van der Waals surface area (Å²) in [4.78, 5) is 21.6. The van der Waals surface area contributed by atoms with Crippen LogP contribution in [0.15, 0.2) is 30.3 Å². The summed E-state index contributed by atoms with van der Waals surface area (Å²) >= 11 is 0. The van der Waals surface area contributed by atoms with Gasteiger partial charge in [0.15, 0.2) is 0 Å². The summed E-state index contributed by atoms with van der Waals surface area (Å²) in [5.41, 5.74) is 4.74. The lowest BCUT2D eigenvalue weighted by Gasteiger charge is -2.41. The number of hydrogen-bond acceptors (Lipinski definition) is 6. The molecule has 1 aliphatic carbocycles. The Balaban J connectivity index is 1.63. The molecule has 1 saturated heterocycles. The summed E-state index contributed by atoms with van der Waals surface area (Å²) in [5, 5.41) is 19.3. The molecule has 1 unspecified atom stereocenters. The van der Waals surface area contributed by atoms with Crippen molar-refractivity contribution in [2.45, 2.75) is 44.6 Å². The average Bonchev–Trinajstić information content (AvgIpc) is 3.67. The fourth-order valence-corrected chi connectivity index (χ4v) is 4.62. The Hall–Kier alpha value is -2.95. The quantitative estimate of drug-likeness (QED) is 0.667. The van der Waals surface area contributed by atoms with E-state index in [1.165, 1.54) is 0 Å². The highest BCUT2D eigenvalue weighted by atomic mass is 16.5. The van der Waals surface area contributed by atoms with Crippen molar-refractivity contribution in [3.05, 3.63) is 47.2 Å². The molecule has 1 atom stereocenters. The minimum absolute atomic E-state index is 0.0377. The first-order valence-electron chi connectivity index (χ1n) is 11.7. The number of methoxy groups -OCH3 is 1. The maximum absolute atomic E-state index is 12.5. The zero-order valence-corrected chi connectivity index (χ0v) is 19.5. The first-order chi connectivity index (χ1) is 16.0. The van der Waals surface area contributed by atoms with Crippen molar-refractivity contribution in [3.8, 4) is 17.2 Å². The van der Waals surface area contributed by atoms with Gasteiger partial charge in [-0.15, -0.1) is 0 Å². The van der Waals surface area contributed by atoms with Crippen molar-refractivity contribution in [1.82, 2.24) is 9.88 Å². The van der Waals surface area contributed by atoms with Crippen LogP contribution in [0.2, 0.25) is 0 Å². The molecular formula is C26H32N4O3. The van der Waals surface area contributed by atoms with E-state index in [1.807, 2.05) is 30.0 Å². The van der Waals surface area contributed by atoms with E-state index in [0.29, 0.717) is 50.6 Å². The van der Waals surface area contributed by atoms with E-state index in [0.717, 1.165) is 41.0 Å². The molecule has 2 aliphatic rings. The number of hydrogen-bond donors (Lipinski definition) is 1. The fourth-order valence-electron chi connectivity index (χ4n) is 4.62. The third-order valence-electron chi connectivity index (χ3n) is 6.52. The zero-order chi connectivity index (χ0) is 23.4. The second-order valence-electron chi connectivity index (χ2n) is 8.98. The van der Waals surface area contributed by atoms with E-state index in [1.54, 1.807) is 7.11 Å². The average molecular weight is 449 g/mol. The van der Waals surface area contributed by atoms with E-state index in [2.05, 4.69) is 23.1 Å². The number of rotatable bonds is 8. The lowest BCUT2D eigenvalue weighted by molar-refractivity contribution is -0.134. The molecule has 1 N–H and O–H groups in total. The predicted molar refractivity (Wildman–Crippen MR) is 127 cm³/mol. The maximum Gasteiger partial charge on any atom is 0.225 e. The van der Waals surface area contributed by atoms with Gasteiger partial charge in [0.1, 0.15) is 11.9 Å². The number of carbonyl (C=O) groups excluding carboxylic acids is 1. The Morgan fingerprint density at radius 1 is 1.30 bits per heavy atom. The van der Waals surface area contributed by atoms with Gasteiger partial charge in [-0.25, -0.2) is 4.98 Å². The van der Waals surface area contributed by atoms with E-state index in [4.69, 9.17) is 9.72 Å². The van der Waals surface area contributed by atoms with Crippen molar-refractivity contribution in [1.29, 1.82) is 5.26 Å². The highest BCUT2D eigenvalue weighted by Crippen LogP contribution is 2.45. The molecule has 7 nitrogen and oxygen atoms in total. The SMILES string of the molecule is COCCC(=O)N1CCN(c2nc(C3CC3)c(-c3cccc(CCO)c3)cc2C#N)CC1C. The highest BCUT2D eigenvalue weighted by molar-refractivity contribution is 5.77. The summed E-state index contributed by atoms with van der Waals surface area (Å²) in [6.45, 7) is 4.50. The van der Waals surface area contributed by atoms with E-state index in [9.17, 15) is 15.2 Å². The standard InChI is InChI=1S/C26H32N4O3/c1-18-17-29(10-11-30(18)24(32)9-13-33-2)26-22(16-27)15-23(25(28-26)20-6-7-20)21-5-3-4-19(14-21)8-12-31/h3-5,14-15,18,20,31H,6-13,17H2,1-2H3. The van der Waals surface area contributed by atoms with Crippen molar-refractivity contribution < 1.29 is 14.6 Å². The molecule has 1 amide bonds. The van der Waals surface area contributed by atoms with Gasteiger partial charge in [-0.1, -0.05) is 24.3 Å². The summed E-state index contributed by atoms with van der Waals surface area (Å²) in [5.74, 6) is 1.25. The van der Waals surface area contributed by atoms with Gasteiger partial charge < -0.3 is 19.6 Å². The van der Waals surface area contributed by atoms with Gasteiger partial charge in [0.2, 0.25) is 5.91 Å². The number of amides is 1. The monoisotopic (exact) mass is 448 g/mol. The largest absolute Gasteiger partial charge is 0.396 e. The number of ether oxygens (including phenoxy) is 1. The van der Waals surface area contributed by atoms with Gasteiger partial charge in [0, 0.05) is 50.9 Å². The number of anilines is 1. The molecule has 174 valence electrons. The van der Waals surface area contributed by atoms with Crippen molar-refractivity contribution in [3.63, 3.8) is 0 Å². The molecular weight excluding hydrogens is 416 g/mol. The fraction of sp³-hybridized carbons (Fsp3) is 0.500. The number of nitrogens with zero attached hydrogens (tertiary/aromatic N) is 4. The van der Waals surface area contributed by atoms with Gasteiger partial charge in [-0.3, -0.25) is 4.79 Å². The Kier molecular flexibility index (Phi) is 7.26. The van der Waals surface area contributed by atoms with Gasteiger partial charge in [0.25, 0.3) is 0 Å². The number of piperazine rings is 1. The smallest absolute Gasteiger partial charge is 0.225 e. The molecule has 0 bridgehead atoms. The highest BCUT2D eigenvalue weighted by Gasteiger charge is 2.33. The van der Waals surface area contributed by atoms with Gasteiger partial charge in [-0.05, 0) is 43.4 Å². The van der Waals surface area contributed by atoms with Crippen LogP contribution in [0.3, 0.4) is 0 Å². The first kappa shape index (κ1) is 23.2. The second kappa shape index (κ2) is 10.3. The third kappa shape index (κ3) is 5.18. The molecule has 4 rings (SSSR count). The van der Waals surface area contributed by atoms with Crippen LogP contribution in [0.1, 0.15) is 48.9 Å². The topological polar surface area (TPSA) is 89.7 Å². The van der Waals surface area contributed by atoms with Gasteiger partial charge in [-0.2, -0.15) is 5.26 Å². The summed E-state index contributed by atoms with van der Waals surface area (Å²) in [7, 11) is 1.60. The van der Waals surface area contributed by atoms with Crippen LogP contribution in [0, 0.1) is 11.3 Å². The molecule has 7 heteroatoms. The van der Waals surface area contributed by atoms with Crippen molar-refractivity contribution >= 4 is 11.7 Å². The molecule has 2 aromatic rings. The lowest BCUT2D eigenvalue weighted by Crippen LogP contribution is -2.54. The van der Waals surface area contributed by atoms with Crippen LogP contribution in [-0.2, 0) is 16.0 Å². The van der Waals surface area contributed by atoms with Crippen molar-refractivity contribution in [2.75, 3.05) is 44.9 Å².